The standard InChI is InChI=1S/C7H3ClN4/c8-6-4(2-9)1-5-3-10-12-7(5)11-6/h1,3H,(H,10,11,12). The van der Waals surface area contributed by atoms with E-state index in [1.807, 2.05) is 6.07 Å². The van der Waals surface area contributed by atoms with Gasteiger partial charge in [-0.2, -0.15) is 10.4 Å². The van der Waals surface area contributed by atoms with Gasteiger partial charge < -0.3 is 0 Å². The maximum atomic E-state index is 8.61. The summed E-state index contributed by atoms with van der Waals surface area (Å²) >= 11 is 5.68. The van der Waals surface area contributed by atoms with Gasteiger partial charge in [0.15, 0.2) is 5.65 Å². The predicted octanol–water partition coefficient (Wildman–Crippen LogP) is 1.48. The van der Waals surface area contributed by atoms with Gasteiger partial charge in [0.1, 0.15) is 11.2 Å². The van der Waals surface area contributed by atoms with Crippen LogP contribution in [0.15, 0.2) is 12.3 Å². The minimum absolute atomic E-state index is 0.203. The number of pyridine rings is 1. The molecule has 0 unspecified atom stereocenters. The molecule has 0 fully saturated rings. The van der Waals surface area contributed by atoms with Gasteiger partial charge in [-0.3, -0.25) is 5.10 Å². The Morgan fingerprint density at radius 3 is 3.17 bits per heavy atom. The number of nitriles is 1. The first-order valence-corrected chi connectivity index (χ1v) is 3.59. The zero-order valence-corrected chi connectivity index (χ0v) is 6.63. The second-order valence-electron chi connectivity index (χ2n) is 2.25. The smallest absolute Gasteiger partial charge is 0.156 e. The highest BCUT2D eigenvalue weighted by Crippen LogP contribution is 2.17. The van der Waals surface area contributed by atoms with Gasteiger partial charge in [-0.15, -0.1) is 0 Å². The average molecular weight is 179 g/mol. The van der Waals surface area contributed by atoms with Gasteiger partial charge in [-0.25, -0.2) is 4.98 Å². The van der Waals surface area contributed by atoms with E-state index in [9.17, 15) is 0 Å². The van der Waals surface area contributed by atoms with Crippen LogP contribution in [0.2, 0.25) is 5.15 Å². The van der Waals surface area contributed by atoms with E-state index in [4.69, 9.17) is 16.9 Å². The maximum Gasteiger partial charge on any atom is 0.156 e. The predicted molar refractivity (Wildman–Crippen MR) is 43.6 cm³/mol. The number of nitrogens with one attached hydrogen (secondary N) is 1. The summed E-state index contributed by atoms with van der Waals surface area (Å²) in [7, 11) is 0. The summed E-state index contributed by atoms with van der Waals surface area (Å²) in [5.74, 6) is 0. The third kappa shape index (κ3) is 0.917. The van der Waals surface area contributed by atoms with Crippen LogP contribution in [-0.2, 0) is 0 Å². The Bertz CT molecular complexity index is 468. The van der Waals surface area contributed by atoms with Crippen molar-refractivity contribution in [2.45, 2.75) is 0 Å². The summed E-state index contributed by atoms with van der Waals surface area (Å²) in [6, 6.07) is 3.59. The lowest BCUT2D eigenvalue weighted by Gasteiger charge is -1.92. The van der Waals surface area contributed by atoms with Crippen molar-refractivity contribution in [1.82, 2.24) is 15.2 Å². The van der Waals surface area contributed by atoms with Crippen molar-refractivity contribution in [3.63, 3.8) is 0 Å². The quantitative estimate of drug-likeness (QED) is 0.622. The third-order valence-electron chi connectivity index (χ3n) is 1.50. The number of fused-ring (bicyclic) bond motifs is 1. The van der Waals surface area contributed by atoms with Crippen LogP contribution in [0.5, 0.6) is 0 Å². The Labute approximate surface area is 72.8 Å². The van der Waals surface area contributed by atoms with Crippen molar-refractivity contribution in [2.75, 3.05) is 0 Å². The topological polar surface area (TPSA) is 65.4 Å². The molecule has 0 aliphatic heterocycles. The number of H-pyrrole nitrogens is 1. The number of nitrogens with zero attached hydrogens (tertiary/aromatic N) is 3. The van der Waals surface area contributed by atoms with E-state index < -0.39 is 0 Å². The third-order valence-corrected chi connectivity index (χ3v) is 1.79. The van der Waals surface area contributed by atoms with E-state index >= 15 is 0 Å². The Kier molecular flexibility index (Phi) is 1.45. The molecule has 0 radical (unpaired) electrons. The minimum atomic E-state index is 0.203. The second kappa shape index (κ2) is 2.47. The molecular weight excluding hydrogens is 176 g/mol. The molecular formula is C7H3ClN4. The summed E-state index contributed by atoms with van der Waals surface area (Å²) in [5, 5.41) is 16.0. The summed E-state index contributed by atoms with van der Waals surface area (Å²) in [5.41, 5.74) is 0.963. The SMILES string of the molecule is N#Cc1cc2cn[nH]c2nc1Cl. The minimum Gasteiger partial charge on any atom is -0.261 e. The lowest BCUT2D eigenvalue weighted by Crippen LogP contribution is -1.83. The zero-order valence-electron chi connectivity index (χ0n) is 5.87. The fourth-order valence-corrected chi connectivity index (χ4v) is 1.12. The van der Waals surface area contributed by atoms with Crippen LogP contribution in [0, 0.1) is 11.3 Å². The summed E-state index contributed by atoms with van der Waals surface area (Å²) in [6.45, 7) is 0. The van der Waals surface area contributed by atoms with E-state index in [2.05, 4.69) is 15.2 Å². The lowest BCUT2D eigenvalue weighted by atomic mass is 10.2. The van der Waals surface area contributed by atoms with Gasteiger partial charge in [0, 0.05) is 5.39 Å². The molecule has 5 heteroatoms. The molecule has 2 aromatic rings. The van der Waals surface area contributed by atoms with Crippen LogP contribution < -0.4 is 0 Å². The first-order valence-electron chi connectivity index (χ1n) is 3.21. The fraction of sp³-hybridized carbons (Fsp3) is 0. The highest BCUT2D eigenvalue weighted by Gasteiger charge is 2.04. The van der Waals surface area contributed by atoms with E-state index in [0.717, 1.165) is 5.39 Å². The van der Waals surface area contributed by atoms with Gasteiger partial charge in [0.05, 0.1) is 11.8 Å². The number of halogens is 1. The molecule has 0 aromatic carbocycles. The molecule has 2 aromatic heterocycles. The highest BCUT2D eigenvalue weighted by molar-refractivity contribution is 6.30. The Balaban J connectivity index is 2.84. The molecule has 0 aliphatic rings. The molecule has 0 spiro atoms. The van der Waals surface area contributed by atoms with Crippen molar-refractivity contribution in [2.24, 2.45) is 0 Å². The number of rotatable bonds is 0. The van der Waals surface area contributed by atoms with Gasteiger partial charge in [-0.05, 0) is 6.07 Å². The van der Waals surface area contributed by atoms with Crippen LogP contribution in [0.25, 0.3) is 11.0 Å². The molecule has 0 aliphatic carbocycles. The summed E-state index contributed by atoms with van der Waals surface area (Å²) in [4.78, 5) is 3.93. The molecule has 0 amide bonds. The van der Waals surface area contributed by atoms with Gasteiger partial charge in [-0.1, -0.05) is 11.6 Å². The molecule has 2 rings (SSSR count). The lowest BCUT2D eigenvalue weighted by molar-refractivity contribution is 1.10. The van der Waals surface area contributed by atoms with Gasteiger partial charge in [0.25, 0.3) is 0 Å². The molecule has 12 heavy (non-hydrogen) atoms. The monoisotopic (exact) mass is 178 g/mol. The first kappa shape index (κ1) is 7.07. The normalized spacial score (nSPS) is 10.0. The number of hydrogen-bond donors (Lipinski definition) is 1. The van der Waals surface area contributed by atoms with Crippen LogP contribution in [0.4, 0.5) is 0 Å². The highest BCUT2D eigenvalue weighted by atomic mass is 35.5. The van der Waals surface area contributed by atoms with Crippen LogP contribution in [0.3, 0.4) is 0 Å². The van der Waals surface area contributed by atoms with Crippen molar-refractivity contribution >= 4 is 22.6 Å². The molecule has 1 N–H and O–H groups in total. The molecule has 0 saturated carbocycles. The number of aromatic nitrogens is 3. The number of hydrogen-bond acceptors (Lipinski definition) is 3. The van der Waals surface area contributed by atoms with Crippen LogP contribution in [-0.4, -0.2) is 15.2 Å². The zero-order chi connectivity index (χ0) is 8.55. The van der Waals surface area contributed by atoms with Crippen molar-refractivity contribution < 1.29 is 0 Å². The molecule has 58 valence electrons. The Morgan fingerprint density at radius 2 is 2.42 bits per heavy atom. The molecule has 0 bridgehead atoms. The van der Waals surface area contributed by atoms with Crippen molar-refractivity contribution in [3.05, 3.63) is 23.0 Å². The van der Waals surface area contributed by atoms with Gasteiger partial charge >= 0.3 is 0 Å². The summed E-state index contributed by atoms with van der Waals surface area (Å²) < 4.78 is 0. The van der Waals surface area contributed by atoms with Crippen molar-refractivity contribution in [3.8, 4) is 6.07 Å². The Hall–Kier alpha value is -1.60. The van der Waals surface area contributed by atoms with E-state index in [-0.39, 0.29) is 5.15 Å². The van der Waals surface area contributed by atoms with E-state index in [1.165, 1.54) is 0 Å². The van der Waals surface area contributed by atoms with Gasteiger partial charge in [0.2, 0.25) is 0 Å². The maximum absolute atomic E-state index is 8.61. The van der Waals surface area contributed by atoms with E-state index in [1.54, 1.807) is 12.3 Å². The molecule has 4 nitrogen and oxygen atoms in total. The summed E-state index contributed by atoms with van der Waals surface area (Å²) in [6.07, 6.45) is 1.60. The van der Waals surface area contributed by atoms with E-state index in [0.29, 0.717) is 11.2 Å². The molecule has 0 atom stereocenters. The largest absolute Gasteiger partial charge is 0.261 e. The fourth-order valence-electron chi connectivity index (χ4n) is 0.936. The Morgan fingerprint density at radius 1 is 1.58 bits per heavy atom. The second-order valence-corrected chi connectivity index (χ2v) is 2.60. The molecule has 2 heterocycles. The van der Waals surface area contributed by atoms with Crippen LogP contribution in [0.1, 0.15) is 5.56 Å². The number of aromatic amines is 1. The van der Waals surface area contributed by atoms with Crippen molar-refractivity contribution in [1.29, 1.82) is 5.26 Å². The average Bonchev–Trinajstić information content (AvgIpc) is 2.49. The van der Waals surface area contributed by atoms with Crippen LogP contribution >= 0.6 is 11.6 Å². The molecule has 0 saturated heterocycles. The first-order chi connectivity index (χ1) is 5.81.